The minimum absolute atomic E-state index is 0. The topological polar surface area (TPSA) is 12.0 Å². The molecule has 0 saturated carbocycles. The van der Waals surface area contributed by atoms with Gasteiger partial charge in [-0.15, -0.1) is 0 Å². The fraction of sp³-hybridized carbons (Fsp3) is 0.333. The smallest absolute Gasteiger partial charge is 0 e. The van der Waals surface area contributed by atoms with Gasteiger partial charge in [0.2, 0.25) is 0 Å². The van der Waals surface area contributed by atoms with Crippen molar-refractivity contribution in [2.24, 2.45) is 0 Å². The van der Waals surface area contributed by atoms with Gasteiger partial charge in [-0.05, 0) is 0 Å². The Bertz CT molecular complexity index is 12.1. The SMILES string of the molecule is [CH2-]N[CH-]C.[W].[W].[W]. The van der Waals surface area contributed by atoms with E-state index in [1.807, 2.05) is 6.92 Å². The maximum Gasteiger partial charge on any atom is 0 e. The van der Waals surface area contributed by atoms with E-state index in [0.717, 1.165) is 0 Å². The Balaban J connectivity index is -0.0000000150. The van der Waals surface area contributed by atoms with Crippen LogP contribution >= 0.6 is 0 Å². The molecule has 0 rings (SSSR count). The van der Waals surface area contributed by atoms with Crippen LogP contribution in [0.2, 0.25) is 0 Å². The van der Waals surface area contributed by atoms with Crippen LogP contribution in [0.5, 0.6) is 0 Å². The van der Waals surface area contributed by atoms with E-state index in [1.165, 1.54) is 0 Å². The van der Waals surface area contributed by atoms with Crippen LogP contribution < -0.4 is 5.32 Å². The molecule has 1 N–H and O–H groups in total. The quantitative estimate of drug-likeness (QED) is 0.429. The van der Waals surface area contributed by atoms with Crippen molar-refractivity contribution in [3.63, 3.8) is 0 Å². The van der Waals surface area contributed by atoms with E-state index in [-0.39, 0.29) is 63.2 Å². The van der Waals surface area contributed by atoms with Gasteiger partial charge in [-0.1, -0.05) is 0 Å². The van der Waals surface area contributed by atoms with Gasteiger partial charge in [0.15, 0.2) is 0 Å². The molecule has 0 aromatic heterocycles. The molecule has 0 radical (unpaired) electrons. The van der Waals surface area contributed by atoms with Gasteiger partial charge in [-0.2, -0.15) is 6.92 Å². The molecule has 0 unspecified atom stereocenters. The second kappa shape index (κ2) is 24.4. The Kier molecular flexibility index (Phi) is 80.4. The molecule has 0 heterocycles. The summed E-state index contributed by atoms with van der Waals surface area (Å²) in [5, 5.41) is 2.56. The van der Waals surface area contributed by atoms with E-state index >= 15 is 0 Å². The van der Waals surface area contributed by atoms with Gasteiger partial charge < -0.3 is 18.9 Å². The van der Waals surface area contributed by atoms with Crippen LogP contribution in [0.15, 0.2) is 0 Å². The maximum atomic E-state index is 3.30. The van der Waals surface area contributed by atoms with Crippen LogP contribution in [0.3, 0.4) is 0 Å². The Labute approximate surface area is 88.2 Å². The van der Waals surface area contributed by atoms with Crippen molar-refractivity contribution in [1.82, 2.24) is 5.32 Å². The minimum Gasteiger partial charge on any atom is -0.621 e. The molecule has 0 aliphatic heterocycles. The molecule has 4 heteroatoms. The van der Waals surface area contributed by atoms with Gasteiger partial charge in [0, 0.05) is 63.2 Å². The first-order chi connectivity index (χ1) is 1.91. The maximum absolute atomic E-state index is 3.30. The number of hydrogen-bond acceptors (Lipinski definition) is 1. The summed E-state index contributed by atoms with van der Waals surface area (Å²) in [5.74, 6) is 0. The first-order valence-electron chi connectivity index (χ1n) is 1.22. The van der Waals surface area contributed by atoms with Crippen LogP contribution in [0.1, 0.15) is 6.92 Å². The van der Waals surface area contributed by atoms with Gasteiger partial charge >= 0.3 is 0 Å². The van der Waals surface area contributed by atoms with Gasteiger partial charge in [0.1, 0.15) is 0 Å². The zero-order valence-electron chi connectivity index (χ0n) is 4.01. The predicted molar refractivity (Wildman–Crippen MR) is 18.5 cm³/mol. The zero-order valence-corrected chi connectivity index (χ0v) is 12.8. The Morgan fingerprint density at radius 3 is 1.43 bits per heavy atom. The Hall–Kier alpha value is 2.02. The van der Waals surface area contributed by atoms with Crippen molar-refractivity contribution in [3.8, 4) is 0 Å². The summed E-state index contributed by atoms with van der Waals surface area (Å²) in [7, 11) is 3.30. The van der Waals surface area contributed by atoms with Crippen molar-refractivity contribution in [2.45, 2.75) is 6.92 Å². The van der Waals surface area contributed by atoms with Crippen molar-refractivity contribution in [1.29, 1.82) is 0 Å². The molecule has 0 aliphatic rings. The summed E-state index contributed by atoms with van der Waals surface area (Å²) >= 11 is 0. The third kappa shape index (κ3) is 31.8. The van der Waals surface area contributed by atoms with Crippen LogP contribution in [0, 0.1) is 13.6 Å². The molecular weight excluding hydrogens is 602 g/mol. The molecule has 0 amide bonds. The van der Waals surface area contributed by atoms with Crippen molar-refractivity contribution < 1.29 is 63.2 Å². The molecule has 44 valence electrons. The Morgan fingerprint density at radius 1 is 1.29 bits per heavy atom. The fourth-order valence-electron chi connectivity index (χ4n) is 0. The molecule has 7 heavy (non-hydrogen) atoms. The molecule has 0 fully saturated rings. The summed E-state index contributed by atoms with van der Waals surface area (Å²) < 4.78 is 0. The summed E-state index contributed by atoms with van der Waals surface area (Å²) in [4.78, 5) is 0. The third-order valence-electron chi connectivity index (χ3n) is 0.204. The van der Waals surface area contributed by atoms with Crippen molar-refractivity contribution in [3.05, 3.63) is 13.6 Å². The Morgan fingerprint density at radius 2 is 1.43 bits per heavy atom. The average Bonchev–Trinajstić information content (AvgIpc) is 1.37. The standard InChI is InChI=1S/C3H7N.3W/c1-3-4-2;;;/h3-4H,2H2,1H3;;;/q-2;;;. The summed E-state index contributed by atoms with van der Waals surface area (Å²) in [6.07, 6.45) is 0. The largest absolute Gasteiger partial charge is 0.621 e. The van der Waals surface area contributed by atoms with Crippen molar-refractivity contribution >= 4 is 0 Å². The first kappa shape index (κ1) is 23.0. The number of rotatable bonds is 1. The molecule has 0 spiro atoms. The van der Waals surface area contributed by atoms with Crippen LogP contribution in [0.4, 0.5) is 0 Å². The molecule has 0 aromatic rings. The summed E-state index contributed by atoms with van der Waals surface area (Å²) in [6, 6.07) is 0. The molecule has 0 aliphatic carbocycles. The minimum atomic E-state index is 0. The molecule has 0 atom stereocenters. The van der Waals surface area contributed by atoms with Gasteiger partial charge in [0.25, 0.3) is 0 Å². The average molecular weight is 609 g/mol. The summed E-state index contributed by atoms with van der Waals surface area (Å²) in [5.41, 5.74) is 0. The van der Waals surface area contributed by atoms with Gasteiger partial charge in [-0.3, -0.25) is 0 Å². The van der Waals surface area contributed by atoms with Gasteiger partial charge in [-0.25, -0.2) is 0 Å². The number of hydrogen-bond donors (Lipinski definition) is 1. The molecule has 1 nitrogen and oxygen atoms in total. The monoisotopic (exact) mass is 609 g/mol. The summed E-state index contributed by atoms with van der Waals surface area (Å²) in [6.45, 7) is 3.65. The molecule has 0 aromatic carbocycles. The van der Waals surface area contributed by atoms with Crippen LogP contribution in [-0.2, 0) is 63.2 Å². The third-order valence-corrected chi connectivity index (χ3v) is 0.204. The second-order valence-electron chi connectivity index (χ2n) is 0.493. The first-order valence-corrected chi connectivity index (χ1v) is 1.22. The van der Waals surface area contributed by atoms with Crippen LogP contribution in [0.25, 0.3) is 0 Å². The molecule has 0 saturated heterocycles. The van der Waals surface area contributed by atoms with E-state index in [2.05, 4.69) is 12.4 Å². The molecule has 0 bridgehead atoms. The van der Waals surface area contributed by atoms with E-state index in [9.17, 15) is 0 Å². The van der Waals surface area contributed by atoms with Gasteiger partial charge in [0.05, 0.1) is 0 Å². The van der Waals surface area contributed by atoms with E-state index < -0.39 is 0 Å². The molecular formula is C3H7NW3-2. The zero-order chi connectivity index (χ0) is 3.41. The van der Waals surface area contributed by atoms with E-state index in [0.29, 0.717) is 0 Å². The van der Waals surface area contributed by atoms with Crippen LogP contribution in [-0.4, -0.2) is 0 Å². The van der Waals surface area contributed by atoms with E-state index in [4.69, 9.17) is 0 Å². The number of nitrogens with one attached hydrogen (secondary N) is 1. The normalized spacial score (nSPS) is 4.29. The second-order valence-corrected chi connectivity index (χ2v) is 0.493. The van der Waals surface area contributed by atoms with E-state index in [1.54, 1.807) is 6.54 Å². The fourth-order valence-corrected chi connectivity index (χ4v) is 0. The predicted octanol–water partition coefficient (Wildman–Crippen LogP) is 0.542. The van der Waals surface area contributed by atoms with Crippen molar-refractivity contribution in [2.75, 3.05) is 0 Å².